The van der Waals surface area contributed by atoms with Crippen molar-refractivity contribution in [3.8, 4) is 0 Å². The van der Waals surface area contributed by atoms with Gasteiger partial charge in [-0.25, -0.2) is 0 Å². The zero-order chi connectivity index (χ0) is 12.4. The lowest BCUT2D eigenvalue weighted by Crippen LogP contribution is -2.50. The van der Waals surface area contributed by atoms with Gasteiger partial charge in [0.15, 0.2) is 0 Å². The van der Waals surface area contributed by atoms with Gasteiger partial charge in [0.25, 0.3) is 0 Å². The number of likely N-dealkylation sites (tertiary alicyclic amines) is 1. The highest BCUT2D eigenvalue weighted by atomic mass is 15.3. The zero-order valence-corrected chi connectivity index (χ0v) is 11.9. The van der Waals surface area contributed by atoms with Gasteiger partial charge in [-0.1, -0.05) is 6.42 Å². The van der Waals surface area contributed by atoms with E-state index in [9.17, 15) is 0 Å². The quantitative estimate of drug-likeness (QED) is 0.821. The summed E-state index contributed by atoms with van der Waals surface area (Å²) >= 11 is 0. The number of piperidine rings is 2. The number of hydrogen-bond donors (Lipinski definition) is 1. The van der Waals surface area contributed by atoms with Gasteiger partial charge in [-0.3, -0.25) is 9.80 Å². The predicted octanol–water partition coefficient (Wildman–Crippen LogP) is 1.54. The number of nitrogens with one attached hydrogen (secondary N) is 1. The molecule has 18 heavy (non-hydrogen) atoms. The topological polar surface area (TPSA) is 18.5 Å². The Bertz CT molecular complexity index is 260. The van der Waals surface area contributed by atoms with E-state index in [0.29, 0.717) is 0 Å². The third-order valence-corrected chi connectivity index (χ3v) is 5.43. The lowest BCUT2D eigenvalue weighted by molar-refractivity contribution is 0.0846. The van der Waals surface area contributed by atoms with Crippen LogP contribution in [0.15, 0.2) is 0 Å². The molecule has 0 saturated carbocycles. The van der Waals surface area contributed by atoms with Crippen LogP contribution in [-0.4, -0.2) is 61.7 Å². The Labute approximate surface area is 112 Å². The second kappa shape index (κ2) is 5.89. The molecule has 3 aliphatic rings. The van der Waals surface area contributed by atoms with E-state index < -0.39 is 0 Å². The van der Waals surface area contributed by atoms with Crippen molar-refractivity contribution in [3.05, 3.63) is 0 Å². The Morgan fingerprint density at radius 3 is 2.28 bits per heavy atom. The van der Waals surface area contributed by atoms with Gasteiger partial charge in [-0.15, -0.1) is 0 Å². The summed E-state index contributed by atoms with van der Waals surface area (Å²) in [6, 6.07) is 1.79. The summed E-state index contributed by atoms with van der Waals surface area (Å²) in [7, 11) is 2.09. The van der Waals surface area contributed by atoms with Gasteiger partial charge < -0.3 is 5.32 Å². The molecule has 0 spiro atoms. The lowest BCUT2D eigenvalue weighted by Gasteiger charge is -2.41. The van der Waals surface area contributed by atoms with Gasteiger partial charge >= 0.3 is 0 Å². The first-order valence-corrected chi connectivity index (χ1v) is 8.01. The van der Waals surface area contributed by atoms with Crippen LogP contribution in [0.3, 0.4) is 0 Å². The molecule has 3 heterocycles. The van der Waals surface area contributed by atoms with Crippen molar-refractivity contribution in [2.24, 2.45) is 5.92 Å². The van der Waals surface area contributed by atoms with Gasteiger partial charge in [-0.05, 0) is 71.2 Å². The minimum atomic E-state index is 0.890. The summed E-state index contributed by atoms with van der Waals surface area (Å²) in [6.07, 6.45) is 8.61. The molecule has 0 aromatic rings. The molecule has 3 nitrogen and oxygen atoms in total. The van der Waals surface area contributed by atoms with Crippen molar-refractivity contribution in [3.63, 3.8) is 0 Å². The molecule has 104 valence electrons. The number of fused-ring (bicyclic) bond motifs is 1. The van der Waals surface area contributed by atoms with Crippen molar-refractivity contribution < 1.29 is 0 Å². The van der Waals surface area contributed by atoms with E-state index in [1.165, 1.54) is 71.2 Å². The first-order valence-electron chi connectivity index (χ1n) is 8.01. The molecule has 3 aliphatic heterocycles. The molecule has 0 amide bonds. The Hall–Kier alpha value is -0.120. The van der Waals surface area contributed by atoms with E-state index in [0.717, 1.165) is 18.0 Å². The van der Waals surface area contributed by atoms with E-state index in [1.807, 2.05) is 0 Å². The third kappa shape index (κ3) is 2.59. The molecule has 3 fully saturated rings. The van der Waals surface area contributed by atoms with Gasteiger partial charge in [-0.2, -0.15) is 0 Å². The van der Waals surface area contributed by atoms with Gasteiger partial charge in [0.05, 0.1) is 0 Å². The zero-order valence-electron chi connectivity index (χ0n) is 11.9. The van der Waals surface area contributed by atoms with Crippen molar-refractivity contribution in [1.29, 1.82) is 0 Å². The molecular formula is C15H29N3. The normalized spacial score (nSPS) is 35.8. The summed E-state index contributed by atoms with van der Waals surface area (Å²) in [6.45, 7) is 6.65. The van der Waals surface area contributed by atoms with Crippen LogP contribution >= 0.6 is 0 Å². The Kier molecular flexibility index (Phi) is 4.22. The van der Waals surface area contributed by atoms with Crippen molar-refractivity contribution in [2.75, 3.05) is 39.8 Å². The summed E-state index contributed by atoms with van der Waals surface area (Å²) < 4.78 is 0. The van der Waals surface area contributed by atoms with Gasteiger partial charge in [0.2, 0.25) is 0 Å². The molecule has 0 aliphatic carbocycles. The highest BCUT2D eigenvalue weighted by Crippen LogP contribution is 2.32. The van der Waals surface area contributed by atoms with Crippen LogP contribution in [0.5, 0.6) is 0 Å². The van der Waals surface area contributed by atoms with Gasteiger partial charge in [0, 0.05) is 18.6 Å². The summed E-state index contributed by atoms with van der Waals surface area (Å²) in [5, 5.41) is 3.34. The van der Waals surface area contributed by atoms with Crippen LogP contribution in [0.1, 0.15) is 38.5 Å². The van der Waals surface area contributed by atoms with Crippen LogP contribution in [0, 0.1) is 5.92 Å². The fraction of sp³-hybridized carbons (Fsp3) is 1.00. The van der Waals surface area contributed by atoms with Crippen molar-refractivity contribution >= 4 is 0 Å². The van der Waals surface area contributed by atoms with E-state index in [1.54, 1.807) is 0 Å². The average Bonchev–Trinajstić information content (AvgIpc) is 2.84. The molecule has 0 radical (unpaired) electrons. The van der Waals surface area contributed by atoms with Crippen LogP contribution in [0.4, 0.5) is 0 Å². The minimum absolute atomic E-state index is 0.890. The number of rotatable bonds is 3. The maximum atomic E-state index is 3.34. The monoisotopic (exact) mass is 251 g/mol. The molecule has 2 atom stereocenters. The molecule has 0 aromatic heterocycles. The smallest absolute Gasteiger partial charge is 0.0263 e. The van der Waals surface area contributed by atoms with E-state index in [-0.39, 0.29) is 0 Å². The highest BCUT2D eigenvalue weighted by molar-refractivity contribution is 4.96. The Balaban J connectivity index is 1.53. The molecule has 2 unspecified atom stereocenters. The fourth-order valence-electron chi connectivity index (χ4n) is 4.42. The second-order valence-electron chi connectivity index (χ2n) is 6.49. The van der Waals surface area contributed by atoms with E-state index in [2.05, 4.69) is 22.2 Å². The van der Waals surface area contributed by atoms with Crippen LogP contribution in [0.25, 0.3) is 0 Å². The first kappa shape index (κ1) is 12.9. The third-order valence-electron chi connectivity index (χ3n) is 5.43. The molecule has 3 rings (SSSR count). The van der Waals surface area contributed by atoms with E-state index in [4.69, 9.17) is 0 Å². The standard InChI is InChI=1S/C15H29N3/c1-16-12-13-5-9-18(10-6-13)15-7-11-17-8-3-2-4-14(15)17/h13-16H,2-12H2,1H3. The van der Waals surface area contributed by atoms with Crippen LogP contribution in [0.2, 0.25) is 0 Å². The number of hydrogen-bond acceptors (Lipinski definition) is 3. The summed E-state index contributed by atoms with van der Waals surface area (Å²) in [4.78, 5) is 5.59. The van der Waals surface area contributed by atoms with Crippen molar-refractivity contribution in [2.45, 2.75) is 50.6 Å². The largest absolute Gasteiger partial charge is 0.319 e. The predicted molar refractivity (Wildman–Crippen MR) is 75.8 cm³/mol. The van der Waals surface area contributed by atoms with Crippen LogP contribution in [-0.2, 0) is 0 Å². The van der Waals surface area contributed by atoms with E-state index >= 15 is 0 Å². The SMILES string of the molecule is CNCC1CCN(C2CCN3CCCCC23)CC1. The summed E-state index contributed by atoms with van der Waals surface area (Å²) in [5.74, 6) is 0.926. The lowest BCUT2D eigenvalue weighted by atomic mass is 9.92. The fourth-order valence-corrected chi connectivity index (χ4v) is 4.42. The highest BCUT2D eigenvalue weighted by Gasteiger charge is 2.39. The first-order chi connectivity index (χ1) is 8.88. The Morgan fingerprint density at radius 2 is 1.50 bits per heavy atom. The minimum Gasteiger partial charge on any atom is -0.319 e. The second-order valence-corrected chi connectivity index (χ2v) is 6.49. The van der Waals surface area contributed by atoms with Crippen LogP contribution < -0.4 is 5.32 Å². The Morgan fingerprint density at radius 1 is 0.833 bits per heavy atom. The summed E-state index contributed by atoms with van der Waals surface area (Å²) in [5.41, 5.74) is 0. The van der Waals surface area contributed by atoms with Gasteiger partial charge in [0.1, 0.15) is 0 Å². The molecule has 3 saturated heterocycles. The average molecular weight is 251 g/mol. The van der Waals surface area contributed by atoms with Crippen molar-refractivity contribution in [1.82, 2.24) is 15.1 Å². The maximum Gasteiger partial charge on any atom is 0.0263 e. The molecule has 0 aromatic carbocycles. The maximum absolute atomic E-state index is 3.34. The molecule has 1 N–H and O–H groups in total. The number of nitrogens with zero attached hydrogens (tertiary/aromatic N) is 2. The molecule has 3 heteroatoms. The molecular weight excluding hydrogens is 222 g/mol. The molecule has 0 bridgehead atoms.